The molecule has 1 aromatic heterocycles. The van der Waals surface area contributed by atoms with Crippen molar-refractivity contribution < 1.29 is 0 Å². The minimum absolute atomic E-state index is 0.801. The molecule has 1 aromatic carbocycles. The van der Waals surface area contributed by atoms with Crippen LogP contribution in [0.3, 0.4) is 0 Å². The fraction of sp³-hybridized carbons (Fsp3) is 0.542. The number of benzene rings is 1. The summed E-state index contributed by atoms with van der Waals surface area (Å²) < 4.78 is 0. The van der Waals surface area contributed by atoms with E-state index in [0.717, 1.165) is 58.1 Å². The summed E-state index contributed by atoms with van der Waals surface area (Å²) in [5, 5.41) is 10.6. The van der Waals surface area contributed by atoms with Crippen LogP contribution < -0.4 is 20.9 Å². The van der Waals surface area contributed by atoms with Gasteiger partial charge in [0, 0.05) is 57.7 Å². The molecule has 1 aliphatic heterocycles. The minimum Gasteiger partial charge on any atom is -0.370 e. The van der Waals surface area contributed by atoms with Crippen LogP contribution in [0.4, 0.5) is 5.69 Å². The molecule has 0 saturated carbocycles. The molecule has 3 N–H and O–H groups in total. The zero-order chi connectivity index (χ0) is 20.0. The molecule has 1 aliphatic rings. The van der Waals surface area contributed by atoms with Crippen molar-refractivity contribution >= 4 is 5.69 Å². The van der Waals surface area contributed by atoms with Crippen LogP contribution in [-0.4, -0.2) is 44.3 Å². The highest BCUT2D eigenvalue weighted by atomic mass is 15.1. The van der Waals surface area contributed by atoms with Gasteiger partial charge in [-0.1, -0.05) is 37.5 Å². The van der Waals surface area contributed by atoms with Crippen molar-refractivity contribution in [2.75, 3.05) is 44.2 Å². The van der Waals surface area contributed by atoms with Gasteiger partial charge in [0.1, 0.15) is 0 Å². The first-order chi connectivity index (χ1) is 14.4. The quantitative estimate of drug-likeness (QED) is 0.725. The monoisotopic (exact) mass is 395 g/mol. The standard InChI is InChI=1S/C24H37N5/c1-2-5-13-25-15-16-26-17-19-29(18-7-3-1)24-11-9-22(10-12-24)20-27-21-23-8-4-6-14-28-23/h4,6,8-12,14,25-27H,1-3,5,7,13,15-21H2. The summed E-state index contributed by atoms with van der Waals surface area (Å²) in [7, 11) is 0. The van der Waals surface area contributed by atoms with E-state index >= 15 is 0 Å². The molecule has 0 spiro atoms. The fourth-order valence-electron chi connectivity index (χ4n) is 3.76. The Labute approximate surface area is 176 Å². The summed E-state index contributed by atoms with van der Waals surface area (Å²) in [4.78, 5) is 6.90. The van der Waals surface area contributed by atoms with E-state index in [1.807, 2.05) is 18.3 Å². The molecule has 158 valence electrons. The number of hydrogen-bond donors (Lipinski definition) is 3. The molecule has 0 unspecified atom stereocenters. The van der Waals surface area contributed by atoms with Gasteiger partial charge in [-0.2, -0.15) is 0 Å². The largest absolute Gasteiger partial charge is 0.370 e. The summed E-state index contributed by atoms with van der Waals surface area (Å²) in [5.41, 5.74) is 3.74. The SMILES string of the molecule is c1ccc(CNCc2ccc(N3CCCCCCCNCCNCC3)cc2)nc1. The molecule has 0 aliphatic carbocycles. The predicted octanol–water partition coefficient (Wildman–Crippen LogP) is 3.32. The number of rotatable bonds is 5. The highest BCUT2D eigenvalue weighted by Crippen LogP contribution is 2.17. The van der Waals surface area contributed by atoms with Gasteiger partial charge in [-0.25, -0.2) is 0 Å². The van der Waals surface area contributed by atoms with Gasteiger partial charge < -0.3 is 20.9 Å². The van der Waals surface area contributed by atoms with Crippen molar-refractivity contribution in [1.82, 2.24) is 20.9 Å². The Bertz CT molecular complexity index is 645. The topological polar surface area (TPSA) is 52.2 Å². The molecule has 2 aromatic rings. The number of aromatic nitrogens is 1. The highest BCUT2D eigenvalue weighted by Gasteiger charge is 2.07. The van der Waals surface area contributed by atoms with Crippen LogP contribution in [0.2, 0.25) is 0 Å². The number of hydrogen-bond acceptors (Lipinski definition) is 5. The summed E-state index contributed by atoms with van der Waals surface area (Å²) in [6.45, 7) is 8.20. The first-order valence-corrected chi connectivity index (χ1v) is 11.3. The Hall–Kier alpha value is -1.95. The number of anilines is 1. The average Bonchev–Trinajstić information content (AvgIpc) is 2.76. The third-order valence-corrected chi connectivity index (χ3v) is 5.48. The maximum absolute atomic E-state index is 4.36. The van der Waals surface area contributed by atoms with Crippen molar-refractivity contribution in [2.24, 2.45) is 0 Å². The lowest BCUT2D eigenvalue weighted by molar-refractivity contribution is 0.542. The smallest absolute Gasteiger partial charge is 0.0541 e. The first-order valence-electron chi connectivity index (χ1n) is 11.3. The zero-order valence-corrected chi connectivity index (χ0v) is 17.7. The molecular formula is C24H37N5. The molecule has 5 heteroatoms. The third-order valence-electron chi connectivity index (χ3n) is 5.48. The van der Waals surface area contributed by atoms with Crippen LogP contribution in [0, 0.1) is 0 Å². The van der Waals surface area contributed by atoms with Crippen LogP contribution in [0.1, 0.15) is 43.4 Å². The molecule has 1 saturated heterocycles. The van der Waals surface area contributed by atoms with Crippen molar-refractivity contribution in [3.05, 3.63) is 59.9 Å². The average molecular weight is 396 g/mol. The first kappa shape index (κ1) is 21.8. The number of nitrogens with zero attached hydrogens (tertiary/aromatic N) is 2. The van der Waals surface area contributed by atoms with E-state index in [9.17, 15) is 0 Å². The molecule has 3 rings (SSSR count). The van der Waals surface area contributed by atoms with E-state index in [1.54, 1.807) is 0 Å². The minimum atomic E-state index is 0.801. The van der Waals surface area contributed by atoms with Crippen molar-refractivity contribution in [1.29, 1.82) is 0 Å². The molecule has 0 radical (unpaired) electrons. The maximum Gasteiger partial charge on any atom is 0.0541 e. The van der Waals surface area contributed by atoms with Gasteiger partial charge in [0.25, 0.3) is 0 Å². The number of nitrogens with one attached hydrogen (secondary N) is 3. The van der Waals surface area contributed by atoms with Gasteiger partial charge in [0.15, 0.2) is 0 Å². The van der Waals surface area contributed by atoms with Gasteiger partial charge in [0.2, 0.25) is 0 Å². The van der Waals surface area contributed by atoms with Crippen molar-refractivity contribution in [3.8, 4) is 0 Å². The molecule has 0 bridgehead atoms. The van der Waals surface area contributed by atoms with Crippen molar-refractivity contribution in [2.45, 2.75) is 45.2 Å². The van der Waals surface area contributed by atoms with Gasteiger partial charge in [0.05, 0.1) is 5.69 Å². The fourth-order valence-corrected chi connectivity index (χ4v) is 3.76. The second kappa shape index (κ2) is 13.3. The molecule has 0 amide bonds. The van der Waals surface area contributed by atoms with Crippen molar-refractivity contribution in [3.63, 3.8) is 0 Å². The molecule has 0 atom stereocenters. The lowest BCUT2D eigenvalue weighted by atomic mass is 10.1. The lowest BCUT2D eigenvalue weighted by Gasteiger charge is -2.26. The van der Waals surface area contributed by atoms with Crippen LogP contribution in [0.25, 0.3) is 0 Å². The molecule has 2 heterocycles. The lowest BCUT2D eigenvalue weighted by Crippen LogP contribution is -2.36. The molecule has 1 fully saturated rings. The maximum atomic E-state index is 4.36. The molecule has 5 nitrogen and oxygen atoms in total. The Balaban J connectivity index is 1.48. The summed E-state index contributed by atoms with van der Waals surface area (Å²) in [6.07, 6.45) is 8.47. The van der Waals surface area contributed by atoms with Crippen LogP contribution >= 0.6 is 0 Å². The van der Waals surface area contributed by atoms with E-state index in [2.05, 4.69) is 56.2 Å². The Morgan fingerprint density at radius 2 is 1.55 bits per heavy atom. The Morgan fingerprint density at radius 1 is 0.759 bits per heavy atom. The van der Waals surface area contributed by atoms with Crippen LogP contribution in [-0.2, 0) is 13.1 Å². The second-order valence-corrected chi connectivity index (χ2v) is 7.85. The van der Waals surface area contributed by atoms with Gasteiger partial charge in [-0.05, 0) is 49.2 Å². The second-order valence-electron chi connectivity index (χ2n) is 7.85. The van der Waals surface area contributed by atoms with E-state index in [-0.39, 0.29) is 0 Å². The normalized spacial score (nSPS) is 17.6. The van der Waals surface area contributed by atoms with Gasteiger partial charge in [-0.15, -0.1) is 0 Å². The molecular weight excluding hydrogens is 358 g/mol. The van der Waals surface area contributed by atoms with Crippen LogP contribution in [0.15, 0.2) is 48.7 Å². The van der Waals surface area contributed by atoms with E-state index < -0.39 is 0 Å². The van der Waals surface area contributed by atoms with E-state index in [4.69, 9.17) is 0 Å². The number of pyridine rings is 1. The zero-order valence-electron chi connectivity index (χ0n) is 17.7. The van der Waals surface area contributed by atoms with E-state index in [0.29, 0.717) is 0 Å². The Morgan fingerprint density at radius 3 is 2.38 bits per heavy atom. The Kier molecular flexibility index (Phi) is 9.98. The highest BCUT2D eigenvalue weighted by molar-refractivity contribution is 5.47. The van der Waals surface area contributed by atoms with Gasteiger partial charge in [-0.3, -0.25) is 4.98 Å². The van der Waals surface area contributed by atoms with Crippen LogP contribution in [0.5, 0.6) is 0 Å². The summed E-state index contributed by atoms with van der Waals surface area (Å²) in [6, 6.07) is 15.1. The summed E-state index contributed by atoms with van der Waals surface area (Å²) >= 11 is 0. The van der Waals surface area contributed by atoms with Gasteiger partial charge >= 0.3 is 0 Å². The molecule has 29 heavy (non-hydrogen) atoms. The predicted molar refractivity (Wildman–Crippen MR) is 122 cm³/mol. The van der Waals surface area contributed by atoms with E-state index in [1.165, 1.54) is 43.4 Å². The summed E-state index contributed by atoms with van der Waals surface area (Å²) in [5.74, 6) is 0. The third kappa shape index (κ3) is 8.52.